The molecule has 38 heavy (non-hydrogen) atoms. The van der Waals surface area contributed by atoms with Crippen LogP contribution in [0.1, 0.15) is 57.7 Å². The first-order chi connectivity index (χ1) is 18.4. The first-order valence-electron chi connectivity index (χ1n) is 13.1. The number of fused-ring (bicyclic) bond motifs is 1. The van der Waals surface area contributed by atoms with Gasteiger partial charge in [0.25, 0.3) is 5.91 Å². The molecule has 0 spiro atoms. The van der Waals surface area contributed by atoms with Gasteiger partial charge in [0, 0.05) is 44.9 Å². The predicted octanol–water partition coefficient (Wildman–Crippen LogP) is 3.36. The lowest BCUT2D eigenvalue weighted by molar-refractivity contribution is 0.0950. The minimum Gasteiger partial charge on any atom is -0.381 e. The predicted molar refractivity (Wildman–Crippen MR) is 145 cm³/mol. The van der Waals surface area contributed by atoms with Crippen LogP contribution in [-0.2, 0) is 40.8 Å². The number of benzene rings is 2. The molecular weight excluding hydrogens is 500 g/mol. The number of nitrogens with two attached hydrogens (primary N) is 1. The molecule has 3 aromatic rings. The van der Waals surface area contributed by atoms with Crippen LogP contribution < -0.4 is 11.1 Å². The zero-order valence-electron chi connectivity index (χ0n) is 21.6. The number of sulfone groups is 1. The van der Waals surface area contributed by atoms with Crippen molar-refractivity contribution in [2.45, 2.75) is 50.5 Å². The summed E-state index contributed by atoms with van der Waals surface area (Å²) in [6.07, 6.45) is 2.66. The summed E-state index contributed by atoms with van der Waals surface area (Å²) in [5, 5.41) is 2.93. The van der Waals surface area contributed by atoms with Crippen LogP contribution in [0.3, 0.4) is 0 Å². The molecule has 3 N–H and O–H groups in total. The van der Waals surface area contributed by atoms with Crippen LogP contribution in [0, 0.1) is 5.92 Å². The Labute approximate surface area is 224 Å². The highest BCUT2D eigenvalue weighted by molar-refractivity contribution is 7.91. The van der Waals surface area contributed by atoms with Gasteiger partial charge in [-0.25, -0.2) is 8.42 Å². The topological polar surface area (TPSA) is 115 Å². The molecule has 0 aliphatic carbocycles. The zero-order chi connectivity index (χ0) is 26.7. The molecule has 0 bridgehead atoms. The molecule has 8 nitrogen and oxygen atoms in total. The Morgan fingerprint density at radius 3 is 2.47 bits per heavy atom. The van der Waals surface area contributed by atoms with Crippen molar-refractivity contribution < 1.29 is 17.9 Å². The van der Waals surface area contributed by atoms with E-state index in [1.807, 2.05) is 6.07 Å². The number of nitrogens with one attached hydrogen (secondary N) is 1. The van der Waals surface area contributed by atoms with E-state index in [1.165, 1.54) is 5.56 Å². The quantitative estimate of drug-likeness (QED) is 0.433. The number of pyridine rings is 1. The molecule has 1 amide bonds. The van der Waals surface area contributed by atoms with Crippen LogP contribution in [0.15, 0.2) is 65.7 Å². The minimum atomic E-state index is -3.25. The van der Waals surface area contributed by atoms with Gasteiger partial charge in [0.1, 0.15) is 0 Å². The second-order valence-electron chi connectivity index (χ2n) is 9.99. The van der Waals surface area contributed by atoms with Crippen molar-refractivity contribution in [1.29, 1.82) is 0 Å². The second-order valence-corrected chi connectivity index (χ2v) is 12.3. The molecule has 2 aliphatic heterocycles. The number of hydrogen-bond donors (Lipinski definition) is 2. The molecule has 2 aromatic carbocycles. The highest BCUT2D eigenvalue weighted by atomic mass is 32.2. The summed E-state index contributed by atoms with van der Waals surface area (Å²) in [7, 11) is -3.25. The summed E-state index contributed by atoms with van der Waals surface area (Å²) >= 11 is 0. The summed E-state index contributed by atoms with van der Waals surface area (Å²) in [5.41, 5.74) is 11.5. The number of amides is 1. The SMILES string of the molecule is CCS(=O)(=O)c1ccc(CNC(=O)c2cnc3c(c2)CN(Cc2ccc(CN)cc2)[C@H]3[C@@H]2CCOC2)cc1. The van der Waals surface area contributed by atoms with Crippen molar-refractivity contribution in [2.75, 3.05) is 19.0 Å². The lowest BCUT2D eigenvalue weighted by Crippen LogP contribution is -2.28. The monoisotopic (exact) mass is 534 g/mol. The Morgan fingerprint density at radius 1 is 1.11 bits per heavy atom. The molecule has 1 saturated heterocycles. The molecule has 1 fully saturated rings. The third kappa shape index (κ3) is 5.66. The molecule has 9 heteroatoms. The van der Waals surface area contributed by atoms with Gasteiger partial charge in [-0.2, -0.15) is 0 Å². The smallest absolute Gasteiger partial charge is 0.253 e. The molecule has 200 valence electrons. The van der Waals surface area contributed by atoms with Gasteiger partial charge in [0.05, 0.1) is 34.6 Å². The van der Waals surface area contributed by atoms with Gasteiger partial charge >= 0.3 is 0 Å². The Hall–Kier alpha value is -3.11. The molecule has 2 atom stereocenters. The van der Waals surface area contributed by atoms with Crippen LogP contribution in [0.5, 0.6) is 0 Å². The number of rotatable bonds is 9. The average molecular weight is 535 g/mol. The van der Waals surface area contributed by atoms with Crippen molar-refractivity contribution in [1.82, 2.24) is 15.2 Å². The molecule has 1 aromatic heterocycles. The van der Waals surface area contributed by atoms with E-state index in [9.17, 15) is 13.2 Å². The fraction of sp³-hybridized carbons (Fsp3) is 0.379. The Morgan fingerprint density at radius 2 is 1.82 bits per heavy atom. The summed E-state index contributed by atoms with van der Waals surface area (Å²) in [5.74, 6) is 0.217. The fourth-order valence-corrected chi connectivity index (χ4v) is 6.17. The van der Waals surface area contributed by atoms with Gasteiger partial charge in [-0.3, -0.25) is 14.7 Å². The molecule has 0 saturated carbocycles. The van der Waals surface area contributed by atoms with E-state index in [0.29, 0.717) is 29.5 Å². The van der Waals surface area contributed by atoms with E-state index < -0.39 is 9.84 Å². The number of ether oxygens (including phenoxy) is 1. The summed E-state index contributed by atoms with van der Waals surface area (Å²) in [6.45, 7) is 5.44. The first-order valence-corrected chi connectivity index (χ1v) is 14.7. The van der Waals surface area contributed by atoms with E-state index in [0.717, 1.165) is 55.1 Å². The largest absolute Gasteiger partial charge is 0.381 e. The summed E-state index contributed by atoms with van der Waals surface area (Å²) in [4.78, 5) is 20.5. The lowest BCUT2D eigenvalue weighted by Gasteiger charge is -2.28. The van der Waals surface area contributed by atoms with Gasteiger partial charge < -0.3 is 15.8 Å². The lowest BCUT2D eigenvalue weighted by atomic mass is 9.95. The van der Waals surface area contributed by atoms with Crippen LogP contribution in [0.4, 0.5) is 0 Å². The fourth-order valence-electron chi connectivity index (χ4n) is 5.29. The first kappa shape index (κ1) is 26.5. The minimum absolute atomic E-state index is 0.0566. The maximum absolute atomic E-state index is 13.0. The van der Waals surface area contributed by atoms with Crippen molar-refractivity contribution in [2.24, 2.45) is 11.7 Å². The standard InChI is InChI=1S/C29H34N4O4S/c1-2-38(35,36)26-9-7-21(8-10-26)15-32-29(34)24-13-25-18-33(17-22-5-3-20(14-30)4-6-22)28(27(25)31-16-24)23-11-12-37-19-23/h3-10,13,16,23,28H,2,11-12,14-15,17-19,30H2,1H3,(H,32,34)/t23-,28+/m1/s1. The van der Waals surface area contributed by atoms with Crippen LogP contribution in [0.25, 0.3) is 0 Å². The Bertz CT molecular complexity index is 1390. The van der Waals surface area contributed by atoms with Crippen LogP contribution in [0.2, 0.25) is 0 Å². The van der Waals surface area contributed by atoms with Gasteiger partial charge in [0.2, 0.25) is 0 Å². The van der Waals surface area contributed by atoms with Gasteiger partial charge in [-0.05, 0) is 46.9 Å². The van der Waals surface area contributed by atoms with Crippen LogP contribution >= 0.6 is 0 Å². The third-order valence-electron chi connectivity index (χ3n) is 7.48. The third-order valence-corrected chi connectivity index (χ3v) is 9.23. The molecule has 3 heterocycles. The van der Waals surface area contributed by atoms with Crippen molar-refractivity contribution in [3.8, 4) is 0 Å². The van der Waals surface area contributed by atoms with Crippen LogP contribution in [-0.4, -0.2) is 43.2 Å². The normalized spacial score (nSPS) is 19.4. The number of aromatic nitrogens is 1. The second kappa shape index (κ2) is 11.3. The molecule has 0 radical (unpaired) electrons. The highest BCUT2D eigenvalue weighted by Crippen LogP contribution is 2.41. The van der Waals surface area contributed by atoms with Crippen molar-refractivity contribution >= 4 is 15.7 Å². The van der Waals surface area contributed by atoms with Crippen molar-refractivity contribution in [3.05, 3.63) is 94.3 Å². The van der Waals surface area contributed by atoms with Gasteiger partial charge in [-0.1, -0.05) is 43.3 Å². The number of carbonyl (C=O) groups excluding carboxylic acids is 1. The van der Waals surface area contributed by atoms with E-state index in [1.54, 1.807) is 37.4 Å². The number of nitrogens with zero attached hydrogens (tertiary/aromatic N) is 2. The summed E-state index contributed by atoms with van der Waals surface area (Å²) in [6, 6.07) is 17.1. The zero-order valence-corrected chi connectivity index (χ0v) is 22.4. The molecule has 0 unspecified atom stereocenters. The van der Waals surface area contributed by atoms with E-state index in [4.69, 9.17) is 15.5 Å². The van der Waals surface area contributed by atoms with Gasteiger partial charge in [-0.15, -0.1) is 0 Å². The highest BCUT2D eigenvalue weighted by Gasteiger charge is 2.39. The molecular formula is C29H34N4O4S. The van der Waals surface area contributed by atoms with Crippen molar-refractivity contribution in [3.63, 3.8) is 0 Å². The number of hydrogen-bond acceptors (Lipinski definition) is 7. The average Bonchev–Trinajstić information content (AvgIpc) is 3.59. The molecule has 5 rings (SSSR count). The Balaban J connectivity index is 1.29. The van der Waals surface area contributed by atoms with E-state index in [2.05, 4.69) is 34.5 Å². The molecule has 2 aliphatic rings. The van der Waals surface area contributed by atoms with E-state index >= 15 is 0 Å². The summed E-state index contributed by atoms with van der Waals surface area (Å²) < 4.78 is 29.8. The van der Waals surface area contributed by atoms with E-state index in [-0.39, 0.29) is 17.7 Å². The maximum atomic E-state index is 13.0. The van der Waals surface area contributed by atoms with Gasteiger partial charge in [0.15, 0.2) is 9.84 Å². The number of carbonyl (C=O) groups is 1. The Kier molecular flexibility index (Phi) is 7.90. The maximum Gasteiger partial charge on any atom is 0.253 e.